The number of hydrogen-bond acceptors (Lipinski definition) is 5. The molecule has 0 radical (unpaired) electrons. The van der Waals surface area contributed by atoms with Crippen molar-refractivity contribution in [3.05, 3.63) is 35.1 Å². The fourth-order valence-corrected chi connectivity index (χ4v) is 1.89. The number of aryl methyl sites for hydroxylation is 1. The lowest BCUT2D eigenvalue weighted by Crippen LogP contribution is -2.19. The topological polar surface area (TPSA) is 53.9 Å². The van der Waals surface area contributed by atoms with E-state index in [0.29, 0.717) is 11.9 Å². The third-order valence-corrected chi connectivity index (χ3v) is 2.89. The van der Waals surface area contributed by atoms with E-state index in [1.54, 1.807) is 7.05 Å². The maximum atomic E-state index is 5.91. The van der Waals surface area contributed by atoms with Crippen LogP contribution >= 0.6 is 11.6 Å². The molecular formula is C13H16ClN5. The molecule has 0 aliphatic rings. The first-order valence-electron chi connectivity index (χ1n) is 6.07. The van der Waals surface area contributed by atoms with Crippen LogP contribution in [0.25, 0.3) is 0 Å². The Balaban J connectivity index is 2.41. The minimum atomic E-state index is 0.180. The first kappa shape index (κ1) is 13.5. The van der Waals surface area contributed by atoms with Gasteiger partial charge in [-0.1, -0.05) is 17.7 Å². The van der Waals surface area contributed by atoms with E-state index < -0.39 is 0 Å². The molecule has 1 heterocycles. The van der Waals surface area contributed by atoms with Crippen molar-refractivity contribution in [1.82, 2.24) is 15.0 Å². The molecule has 0 aliphatic carbocycles. The van der Waals surface area contributed by atoms with Gasteiger partial charge in [0.15, 0.2) is 0 Å². The number of halogens is 1. The Hall–Kier alpha value is -1.88. The monoisotopic (exact) mass is 277 g/mol. The predicted octanol–water partition coefficient (Wildman–Crippen LogP) is 3.03. The third-order valence-electron chi connectivity index (χ3n) is 2.72. The largest absolute Gasteiger partial charge is 0.357 e. The van der Waals surface area contributed by atoms with Crippen molar-refractivity contribution >= 4 is 29.2 Å². The highest BCUT2D eigenvalue weighted by Crippen LogP contribution is 2.23. The van der Waals surface area contributed by atoms with E-state index in [1.165, 1.54) is 5.56 Å². The summed E-state index contributed by atoms with van der Waals surface area (Å²) in [5.41, 5.74) is 2.24. The van der Waals surface area contributed by atoms with Crippen molar-refractivity contribution in [2.75, 3.05) is 23.8 Å². The van der Waals surface area contributed by atoms with Gasteiger partial charge in [-0.25, -0.2) is 0 Å². The van der Waals surface area contributed by atoms with Crippen molar-refractivity contribution in [3.8, 4) is 0 Å². The highest BCUT2D eigenvalue weighted by Gasteiger charge is 2.12. The highest BCUT2D eigenvalue weighted by atomic mass is 35.5. The van der Waals surface area contributed by atoms with E-state index >= 15 is 0 Å². The zero-order valence-electron chi connectivity index (χ0n) is 11.2. The minimum absolute atomic E-state index is 0.180. The van der Waals surface area contributed by atoms with Crippen LogP contribution in [0.2, 0.25) is 5.28 Å². The summed E-state index contributed by atoms with van der Waals surface area (Å²) >= 11 is 5.91. The van der Waals surface area contributed by atoms with Gasteiger partial charge in [0.05, 0.1) is 0 Å². The molecule has 0 unspecified atom stereocenters. The van der Waals surface area contributed by atoms with Gasteiger partial charge in [0, 0.05) is 19.3 Å². The molecule has 100 valence electrons. The van der Waals surface area contributed by atoms with Crippen LogP contribution in [0, 0.1) is 6.92 Å². The van der Waals surface area contributed by atoms with Crippen molar-refractivity contribution < 1.29 is 0 Å². The first-order chi connectivity index (χ1) is 9.13. The number of nitrogens with one attached hydrogen (secondary N) is 1. The quantitative estimate of drug-likeness (QED) is 0.931. The van der Waals surface area contributed by atoms with Gasteiger partial charge in [-0.3, -0.25) is 0 Å². The Kier molecular flexibility index (Phi) is 4.16. The number of anilines is 3. The van der Waals surface area contributed by atoms with Crippen LogP contribution in [0.4, 0.5) is 17.6 Å². The van der Waals surface area contributed by atoms with Gasteiger partial charge in [-0.15, -0.1) is 0 Å². The molecule has 19 heavy (non-hydrogen) atoms. The summed E-state index contributed by atoms with van der Waals surface area (Å²) in [6, 6.07) is 8.19. The van der Waals surface area contributed by atoms with E-state index in [9.17, 15) is 0 Å². The number of benzene rings is 1. The van der Waals surface area contributed by atoms with Gasteiger partial charge in [-0.2, -0.15) is 15.0 Å². The van der Waals surface area contributed by atoms with Crippen LogP contribution in [-0.4, -0.2) is 28.5 Å². The van der Waals surface area contributed by atoms with Gasteiger partial charge in [0.2, 0.25) is 17.2 Å². The van der Waals surface area contributed by atoms with E-state index in [1.807, 2.05) is 24.0 Å². The average Bonchev–Trinajstić information content (AvgIpc) is 2.41. The molecule has 0 spiro atoms. The SMILES string of the molecule is CCN(c1ccc(C)cc1)c1nc(Cl)nc(NC)n1. The summed E-state index contributed by atoms with van der Waals surface area (Å²) < 4.78 is 0. The zero-order chi connectivity index (χ0) is 13.8. The molecule has 0 amide bonds. The summed E-state index contributed by atoms with van der Waals surface area (Å²) in [4.78, 5) is 14.5. The smallest absolute Gasteiger partial charge is 0.236 e. The second-order valence-electron chi connectivity index (χ2n) is 4.06. The lowest BCUT2D eigenvalue weighted by molar-refractivity contribution is 0.922. The fraction of sp³-hybridized carbons (Fsp3) is 0.308. The minimum Gasteiger partial charge on any atom is -0.357 e. The van der Waals surface area contributed by atoms with Crippen LogP contribution in [-0.2, 0) is 0 Å². The maximum absolute atomic E-state index is 5.91. The highest BCUT2D eigenvalue weighted by molar-refractivity contribution is 6.28. The fourth-order valence-electron chi connectivity index (χ4n) is 1.74. The Morgan fingerprint density at radius 3 is 2.42 bits per heavy atom. The summed E-state index contributed by atoms with van der Waals surface area (Å²) in [6.45, 7) is 4.84. The predicted molar refractivity (Wildman–Crippen MR) is 78.2 cm³/mol. The van der Waals surface area contributed by atoms with Crippen LogP contribution in [0.5, 0.6) is 0 Å². The average molecular weight is 278 g/mol. The van der Waals surface area contributed by atoms with Gasteiger partial charge in [0.25, 0.3) is 0 Å². The lowest BCUT2D eigenvalue weighted by Gasteiger charge is -2.21. The van der Waals surface area contributed by atoms with E-state index in [2.05, 4.69) is 39.3 Å². The molecule has 0 saturated carbocycles. The van der Waals surface area contributed by atoms with Gasteiger partial charge in [-0.05, 0) is 37.6 Å². The maximum Gasteiger partial charge on any atom is 0.236 e. The second kappa shape index (κ2) is 5.84. The number of nitrogens with zero attached hydrogens (tertiary/aromatic N) is 4. The summed E-state index contributed by atoms with van der Waals surface area (Å²) in [5, 5.41) is 3.05. The zero-order valence-corrected chi connectivity index (χ0v) is 11.9. The van der Waals surface area contributed by atoms with Crippen molar-refractivity contribution in [1.29, 1.82) is 0 Å². The van der Waals surface area contributed by atoms with Crippen molar-refractivity contribution in [2.24, 2.45) is 0 Å². The molecular weight excluding hydrogens is 262 g/mol. The van der Waals surface area contributed by atoms with Crippen molar-refractivity contribution in [2.45, 2.75) is 13.8 Å². The summed E-state index contributed by atoms with van der Waals surface area (Å²) in [6.07, 6.45) is 0. The Morgan fingerprint density at radius 1 is 1.16 bits per heavy atom. The normalized spacial score (nSPS) is 10.3. The summed E-state index contributed by atoms with van der Waals surface area (Å²) in [7, 11) is 1.75. The van der Waals surface area contributed by atoms with E-state index in [4.69, 9.17) is 11.6 Å². The number of aromatic nitrogens is 3. The first-order valence-corrected chi connectivity index (χ1v) is 6.45. The number of hydrogen-bond donors (Lipinski definition) is 1. The van der Waals surface area contributed by atoms with Gasteiger partial charge < -0.3 is 10.2 Å². The Labute approximate surface area is 117 Å². The molecule has 6 heteroatoms. The Morgan fingerprint density at radius 2 is 1.84 bits per heavy atom. The van der Waals surface area contributed by atoms with Crippen LogP contribution < -0.4 is 10.2 Å². The van der Waals surface area contributed by atoms with Crippen LogP contribution in [0.3, 0.4) is 0 Å². The molecule has 0 atom stereocenters. The summed E-state index contributed by atoms with van der Waals surface area (Å²) in [5.74, 6) is 0.997. The van der Waals surface area contributed by atoms with Gasteiger partial charge in [0.1, 0.15) is 0 Å². The Bertz CT molecular complexity index is 555. The lowest BCUT2D eigenvalue weighted by atomic mass is 10.2. The molecule has 0 aliphatic heterocycles. The van der Waals surface area contributed by atoms with Crippen LogP contribution in [0.15, 0.2) is 24.3 Å². The molecule has 1 N–H and O–H groups in total. The van der Waals surface area contributed by atoms with Crippen LogP contribution in [0.1, 0.15) is 12.5 Å². The molecule has 2 aromatic rings. The molecule has 5 nitrogen and oxygen atoms in total. The molecule has 1 aromatic heterocycles. The standard InChI is InChI=1S/C13H16ClN5/c1-4-19(10-7-5-9(2)6-8-10)13-17-11(14)16-12(15-3)18-13/h5-8H,4H2,1-3H3,(H,15,16,17,18). The molecule has 0 bridgehead atoms. The number of rotatable bonds is 4. The van der Waals surface area contributed by atoms with Gasteiger partial charge >= 0.3 is 0 Å². The molecule has 1 aromatic carbocycles. The third kappa shape index (κ3) is 3.12. The van der Waals surface area contributed by atoms with E-state index in [-0.39, 0.29) is 5.28 Å². The molecule has 2 rings (SSSR count). The van der Waals surface area contributed by atoms with Crippen molar-refractivity contribution in [3.63, 3.8) is 0 Å². The molecule has 0 fully saturated rings. The van der Waals surface area contributed by atoms with E-state index in [0.717, 1.165) is 12.2 Å². The molecule has 0 saturated heterocycles. The second-order valence-corrected chi connectivity index (χ2v) is 4.40.